The molecule has 3 rings (SSSR count). The van der Waals surface area contributed by atoms with Gasteiger partial charge in [0.25, 0.3) is 0 Å². The molecule has 0 spiro atoms. The quantitative estimate of drug-likeness (QED) is 0.610. The molecule has 0 aliphatic rings. The lowest BCUT2D eigenvalue weighted by atomic mass is 10.0. The van der Waals surface area contributed by atoms with Gasteiger partial charge in [-0.3, -0.25) is 0 Å². The first-order chi connectivity index (χ1) is 12.9. The summed E-state index contributed by atoms with van der Waals surface area (Å²) >= 11 is 0. The smallest absolute Gasteiger partial charge is 0.144 e. The summed E-state index contributed by atoms with van der Waals surface area (Å²) < 4.78 is 5.79. The Bertz CT molecular complexity index is 951. The largest absolute Gasteiger partial charge is 0.361 e. The van der Waals surface area contributed by atoms with Crippen LogP contribution in [0.4, 0.5) is 0 Å². The van der Waals surface area contributed by atoms with Gasteiger partial charge >= 0.3 is 0 Å². The Morgan fingerprint density at radius 1 is 0.692 bits per heavy atom. The molecule has 1 heteroatoms. The molecule has 3 aromatic rings. The zero-order valence-electron chi connectivity index (χ0n) is 14.5. The van der Waals surface area contributed by atoms with E-state index in [1.165, 1.54) is 0 Å². The zero-order valence-corrected chi connectivity index (χ0v) is 14.5. The average molecular weight is 335 g/mol. The van der Waals surface area contributed by atoms with Gasteiger partial charge in [-0.25, -0.2) is 0 Å². The van der Waals surface area contributed by atoms with Crippen molar-refractivity contribution in [2.24, 2.45) is 0 Å². The molecule has 0 aliphatic carbocycles. The van der Waals surface area contributed by atoms with Crippen LogP contribution in [0.15, 0.2) is 84.9 Å². The van der Waals surface area contributed by atoms with Crippen LogP contribution in [0.2, 0.25) is 0 Å². The van der Waals surface area contributed by atoms with E-state index in [4.69, 9.17) is 4.74 Å². The second-order valence-electron chi connectivity index (χ2n) is 5.59. The lowest BCUT2D eigenvalue weighted by Crippen LogP contribution is -2.04. The van der Waals surface area contributed by atoms with Gasteiger partial charge < -0.3 is 4.74 Å². The van der Waals surface area contributed by atoms with Crippen molar-refractivity contribution in [1.29, 1.82) is 0 Å². The van der Waals surface area contributed by atoms with Gasteiger partial charge in [0.1, 0.15) is 6.10 Å². The zero-order chi connectivity index (χ0) is 18.0. The summed E-state index contributed by atoms with van der Waals surface area (Å²) in [7, 11) is 0. The van der Waals surface area contributed by atoms with E-state index >= 15 is 0 Å². The highest BCUT2D eigenvalue weighted by molar-refractivity contribution is 5.49. The molecule has 0 aromatic heterocycles. The Labute approximate surface area is 155 Å². The summed E-state index contributed by atoms with van der Waals surface area (Å²) in [5.41, 5.74) is 3.81. The van der Waals surface area contributed by atoms with Crippen LogP contribution in [-0.4, -0.2) is 6.61 Å². The van der Waals surface area contributed by atoms with Gasteiger partial charge in [-0.05, 0) is 37.3 Å². The topological polar surface area (TPSA) is 9.23 Å². The summed E-state index contributed by atoms with van der Waals surface area (Å²) in [5, 5.41) is 0. The number of benzene rings is 3. The van der Waals surface area contributed by atoms with Crippen molar-refractivity contribution in [3.8, 4) is 23.7 Å². The second kappa shape index (κ2) is 9.28. The Kier molecular flexibility index (Phi) is 6.27. The van der Waals surface area contributed by atoms with Crippen LogP contribution in [0.3, 0.4) is 0 Å². The molecule has 1 nitrogen and oxygen atoms in total. The SMILES string of the molecule is [CH2]COC(C#Cc1ccccc1)c1ccccc1C#Cc1ccccc1. The molecule has 1 radical (unpaired) electrons. The normalized spacial score (nSPS) is 10.8. The van der Waals surface area contributed by atoms with Gasteiger partial charge in [0.15, 0.2) is 0 Å². The van der Waals surface area contributed by atoms with Crippen LogP contribution in [0, 0.1) is 30.6 Å². The van der Waals surface area contributed by atoms with Gasteiger partial charge in [0.05, 0.1) is 0 Å². The monoisotopic (exact) mass is 335 g/mol. The third-order valence-corrected chi connectivity index (χ3v) is 3.76. The highest BCUT2D eigenvalue weighted by Gasteiger charge is 2.11. The fourth-order valence-electron chi connectivity index (χ4n) is 2.50. The first kappa shape index (κ1) is 17.6. The van der Waals surface area contributed by atoms with Gasteiger partial charge in [-0.1, -0.05) is 78.3 Å². The number of ether oxygens (including phenoxy) is 1. The minimum atomic E-state index is -0.367. The highest BCUT2D eigenvalue weighted by atomic mass is 16.5. The fourth-order valence-corrected chi connectivity index (χ4v) is 2.50. The third kappa shape index (κ3) is 4.87. The third-order valence-electron chi connectivity index (χ3n) is 3.76. The summed E-state index contributed by atoms with van der Waals surface area (Å²) in [6.45, 7) is 4.15. The minimum absolute atomic E-state index is 0.342. The number of hydrogen-bond acceptors (Lipinski definition) is 1. The van der Waals surface area contributed by atoms with Crippen LogP contribution < -0.4 is 0 Å². The van der Waals surface area contributed by atoms with E-state index in [2.05, 4.69) is 30.6 Å². The standard InChI is InChI=1S/C25H19O/c1-2-26-25(20-18-22-13-7-4-8-14-22)24-16-10-9-15-23(24)19-17-21-11-5-3-6-12-21/h3-16,25H,1-2H2. The summed E-state index contributed by atoms with van der Waals surface area (Å²) in [6, 6.07) is 27.8. The van der Waals surface area contributed by atoms with Crippen molar-refractivity contribution in [1.82, 2.24) is 0 Å². The van der Waals surface area contributed by atoms with E-state index in [-0.39, 0.29) is 6.10 Å². The van der Waals surface area contributed by atoms with Crippen molar-refractivity contribution in [2.45, 2.75) is 6.10 Å². The first-order valence-corrected chi connectivity index (χ1v) is 8.50. The number of hydrogen-bond donors (Lipinski definition) is 0. The molecule has 3 aromatic carbocycles. The lowest BCUT2D eigenvalue weighted by Gasteiger charge is -2.13. The Morgan fingerprint density at radius 2 is 1.27 bits per heavy atom. The second-order valence-corrected chi connectivity index (χ2v) is 5.59. The van der Waals surface area contributed by atoms with Gasteiger partial charge in [-0.2, -0.15) is 0 Å². The Morgan fingerprint density at radius 3 is 1.92 bits per heavy atom. The predicted molar refractivity (Wildman–Crippen MR) is 106 cm³/mol. The van der Waals surface area contributed by atoms with E-state index < -0.39 is 0 Å². The maximum Gasteiger partial charge on any atom is 0.144 e. The molecule has 0 saturated carbocycles. The predicted octanol–water partition coefficient (Wildman–Crippen LogP) is 5.03. The minimum Gasteiger partial charge on any atom is -0.361 e. The molecule has 0 saturated heterocycles. The van der Waals surface area contributed by atoms with E-state index in [1.54, 1.807) is 0 Å². The van der Waals surface area contributed by atoms with Crippen LogP contribution in [0.5, 0.6) is 0 Å². The molecule has 0 aliphatic heterocycles. The van der Waals surface area contributed by atoms with Crippen molar-refractivity contribution in [3.63, 3.8) is 0 Å². The van der Waals surface area contributed by atoms with E-state index in [0.29, 0.717) is 6.61 Å². The first-order valence-electron chi connectivity index (χ1n) is 8.50. The molecule has 0 heterocycles. The van der Waals surface area contributed by atoms with E-state index in [9.17, 15) is 0 Å². The summed E-state index contributed by atoms with van der Waals surface area (Å²) in [4.78, 5) is 0. The molecule has 0 N–H and O–H groups in total. The molecule has 26 heavy (non-hydrogen) atoms. The molecular weight excluding hydrogens is 316 g/mol. The average Bonchev–Trinajstić information content (AvgIpc) is 2.71. The molecule has 0 amide bonds. The summed E-state index contributed by atoms with van der Waals surface area (Å²) in [5.74, 6) is 12.8. The molecular formula is C25H19O. The maximum atomic E-state index is 5.79. The van der Waals surface area contributed by atoms with Crippen molar-refractivity contribution in [2.75, 3.05) is 6.61 Å². The van der Waals surface area contributed by atoms with Crippen LogP contribution in [-0.2, 0) is 4.74 Å². The van der Waals surface area contributed by atoms with Gasteiger partial charge in [-0.15, -0.1) is 0 Å². The van der Waals surface area contributed by atoms with Crippen LogP contribution in [0.25, 0.3) is 0 Å². The molecule has 1 atom stereocenters. The Hall–Kier alpha value is -3.26. The number of rotatable bonds is 3. The van der Waals surface area contributed by atoms with Crippen molar-refractivity contribution >= 4 is 0 Å². The highest BCUT2D eigenvalue weighted by Crippen LogP contribution is 2.21. The summed E-state index contributed by atoms with van der Waals surface area (Å²) in [6.07, 6.45) is -0.367. The molecule has 1 unspecified atom stereocenters. The van der Waals surface area contributed by atoms with Gasteiger partial charge in [0, 0.05) is 28.9 Å². The Balaban J connectivity index is 1.93. The van der Waals surface area contributed by atoms with E-state index in [1.807, 2.05) is 84.9 Å². The lowest BCUT2D eigenvalue weighted by molar-refractivity contribution is 0.115. The van der Waals surface area contributed by atoms with Crippen LogP contribution >= 0.6 is 0 Å². The van der Waals surface area contributed by atoms with Crippen molar-refractivity contribution in [3.05, 3.63) is 114 Å². The molecule has 125 valence electrons. The van der Waals surface area contributed by atoms with Crippen LogP contribution in [0.1, 0.15) is 28.4 Å². The van der Waals surface area contributed by atoms with Gasteiger partial charge in [0.2, 0.25) is 0 Å². The molecule has 0 fully saturated rings. The van der Waals surface area contributed by atoms with Crippen molar-refractivity contribution < 1.29 is 4.74 Å². The maximum absolute atomic E-state index is 5.79. The molecule has 0 bridgehead atoms. The fraction of sp³-hybridized carbons (Fsp3) is 0.0800. The van der Waals surface area contributed by atoms with E-state index in [0.717, 1.165) is 22.3 Å².